The van der Waals surface area contributed by atoms with E-state index in [1.165, 1.54) is 6.07 Å². The van der Waals surface area contributed by atoms with Crippen LogP contribution < -0.4 is 0 Å². The summed E-state index contributed by atoms with van der Waals surface area (Å²) in [6.07, 6.45) is -3.99. The first-order valence-corrected chi connectivity index (χ1v) is 7.22. The molecule has 0 saturated carbocycles. The molecule has 0 aromatic heterocycles. The van der Waals surface area contributed by atoms with Crippen LogP contribution in [0.5, 0.6) is 0 Å². The molecule has 0 amide bonds. The lowest BCUT2D eigenvalue weighted by molar-refractivity contribution is -0.137. The maximum absolute atomic E-state index is 12.7. The van der Waals surface area contributed by atoms with Gasteiger partial charge in [-0.2, -0.15) is 13.2 Å². The molecule has 2 aromatic carbocycles. The van der Waals surface area contributed by atoms with Crippen molar-refractivity contribution in [2.75, 3.05) is 6.61 Å². The van der Waals surface area contributed by atoms with Crippen molar-refractivity contribution < 1.29 is 18.3 Å². The van der Waals surface area contributed by atoms with E-state index in [-0.39, 0.29) is 12.5 Å². The average molecular weight is 359 g/mol. The van der Waals surface area contributed by atoms with Gasteiger partial charge in [0.05, 0.1) is 12.2 Å². The lowest BCUT2D eigenvalue weighted by atomic mass is 9.92. The van der Waals surface area contributed by atoms with Crippen LogP contribution in [-0.2, 0) is 12.6 Å². The predicted octanol–water partition coefficient (Wildman–Crippen LogP) is 4.79. The molecule has 0 radical (unpaired) electrons. The second-order valence-corrected chi connectivity index (χ2v) is 5.75. The van der Waals surface area contributed by atoms with E-state index in [0.29, 0.717) is 12.0 Å². The monoisotopic (exact) mass is 358 g/mol. The number of alkyl halides is 3. The molecule has 2 rings (SSSR count). The van der Waals surface area contributed by atoms with Gasteiger partial charge < -0.3 is 5.11 Å². The van der Waals surface area contributed by atoms with Crippen LogP contribution in [0.1, 0.15) is 22.6 Å². The van der Waals surface area contributed by atoms with Crippen LogP contribution in [0.3, 0.4) is 0 Å². The minimum atomic E-state index is -4.35. The second kappa shape index (κ2) is 6.62. The van der Waals surface area contributed by atoms with E-state index in [1.807, 2.05) is 24.3 Å². The first-order valence-electron chi connectivity index (χ1n) is 6.42. The number of rotatable bonds is 4. The summed E-state index contributed by atoms with van der Waals surface area (Å²) in [5.41, 5.74) is 0.791. The van der Waals surface area contributed by atoms with Crippen molar-refractivity contribution in [3.63, 3.8) is 0 Å². The van der Waals surface area contributed by atoms with Gasteiger partial charge in [-0.25, -0.2) is 0 Å². The lowest BCUT2D eigenvalue weighted by Gasteiger charge is -2.16. The number of benzene rings is 2. The third-order valence-corrected chi connectivity index (χ3v) is 3.77. The zero-order chi connectivity index (χ0) is 15.5. The molecule has 1 unspecified atom stereocenters. The smallest absolute Gasteiger partial charge is 0.396 e. The van der Waals surface area contributed by atoms with Crippen molar-refractivity contribution >= 4 is 15.9 Å². The third kappa shape index (κ3) is 4.32. The fraction of sp³-hybridized carbons (Fsp3) is 0.250. The van der Waals surface area contributed by atoms with Crippen LogP contribution in [0.4, 0.5) is 13.2 Å². The fourth-order valence-electron chi connectivity index (χ4n) is 2.21. The Balaban J connectivity index is 2.23. The molecule has 0 bridgehead atoms. The van der Waals surface area contributed by atoms with Gasteiger partial charge in [0.2, 0.25) is 0 Å². The zero-order valence-electron chi connectivity index (χ0n) is 11.1. The summed E-state index contributed by atoms with van der Waals surface area (Å²) in [6.45, 7) is -0.118. The van der Waals surface area contributed by atoms with E-state index < -0.39 is 11.7 Å². The van der Waals surface area contributed by atoms with Crippen LogP contribution in [0.2, 0.25) is 0 Å². The maximum Gasteiger partial charge on any atom is 0.416 e. The molecule has 21 heavy (non-hydrogen) atoms. The summed E-state index contributed by atoms with van der Waals surface area (Å²) in [5.74, 6) is -0.231. The number of hydrogen-bond acceptors (Lipinski definition) is 1. The van der Waals surface area contributed by atoms with Crippen LogP contribution in [0.15, 0.2) is 53.0 Å². The summed E-state index contributed by atoms with van der Waals surface area (Å²) in [4.78, 5) is 0. The Morgan fingerprint density at radius 2 is 1.76 bits per heavy atom. The SMILES string of the molecule is OCC(Cc1cccc(C(F)(F)F)c1)c1cccc(Br)c1. The van der Waals surface area contributed by atoms with Gasteiger partial charge >= 0.3 is 6.18 Å². The predicted molar refractivity (Wildman–Crippen MR) is 79.1 cm³/mol. The Kier molecular flexibility index (Phi) is 5.06. The molecular weight excluding hydrogens is 345 g/mol. The highest BCUT2D eigenvalue weighted by molar-refractivity contribution is 9.10. The van der Waals surface area contributed by atoms with Crippen molar-refractivity contribution in [1.82, 2.24) is 0 Å². The minimum absolute atomic E-state index is 0.118. The highest BCUT2D eigenvalue weighted by atomic mass is 79.9. The average Bonchev–Trinajstić information content (AvgIpc) is 2.44. The van der Waals surface area contributed by atoms with Crippen LogP contribution in [0, 0.1) is 0 Å². The van der Waals surface area contributed by atoms with Gasteiger partial charge in [0.1, 0.15) is 0 Å². The third-order valence-electron chi connectivity index (χ3n) is 3.28. The van der Waals surface area contributed by atoms with Crippen LogP contribution in [0.25, 0.3) is 0 Å². The summed E-state index contributed by atoms with van der Waals surface area (Å²) in [7, 11) is 0. The van der Waals surface area contributed by atoms with Crippen molar-refractivity contribution in [1.29, 1.82) is 0 Å². The molecule has 1 nitrogen and oxygen atoms in total. The number of halogens is 4. The van der Waals surface area contributed by atoms with Gasteiger partial charge in [0.15, 0.2) is 0 Å². The van der Waals surface area contributed by atoms with Gasteiger partial charge in [-0.1, -0.05) is 46.3 Å². The Hall–Kier alpha value is -1.33. The molecule has 112 valence electrons. The first-order chi connectivity index (χ1) is 9.90. The molecule has 0 saturated heterocycles. The standard InChI is InChI=1S/C16H14BrF3O/c17-15-6-2-4-12(9-15)13(10-21)7-11-3-1-5-14(8-11)16(18,19)20/h1-6,8-9,13,21H,7,10H2. The van der Waals surface area contributed by atoms with Gasteiger partial charge in [-0.3, -0.25) is 0 Å². The van der Waals surface area contributed by atoms with E-state index in [1.54, 1.807) is 6.07 Å². The molecule has 1 N–H and O–H groups in total. The molecule has 0 heterocycles. The molecule has 5 heteroatoms. The molecule has 0 spiro atoms. The van der Waals surface area contributed by atoms with Crippen molar-refractivity contribution in [2.24, 2.45) is 0 Å². The van der Waals surface area contributed by atoms with Gasteiger partial charge in [0, 0.05) is 10.4 Å². The molecule has 0 aliphatic rings. The van der Waals surface area contributed by atoms with Crippen molar-refractivity contribution in [3.05, 3.63) is 69.7 Å². The Morgan fingerprint density at radius 3 is 2.38 bits per heavy atom. The molecule has 2 aromatic rings. The number of hydrogen-bond donors (Lipinski definition) is 1. The maximum atomic E-state index is 12.7. The normalized spacial score (nSPS) is 13.2. The number of aliphatic hydroxyl groups excluding tert-OH is 1. The summed E-state index contributed by atoms with van der Waals surface area (Å²) in [6, 6.07) is 12.7. The molecule has 0 aliphatic carbocycles. The van der Waals surface area contributed by atoms with E-state index in [9.17, 15) is 18.3 Å². The van der Waals surface area contributed by atoms with Crippen LogP contribution in [-0.4, -0.2) is 11.7 Å². The highest BCUT2D eigenvalue weighted by Crippen LogP contribution is 2.31. The van der Waals surface area contributed by atoms with Crippen molar-refractivity contribution in [2.45, 2.75) is 18.5 Å². The highest BCUT2D eigenvalue weighted by Gasteiger charge is 2.30. The van der Waals surface area contributed by atoms with Gasteiger partial charge in [-0.05, 0) is 35.7 Å². The molecule has 1 atom stereocenters. The van der Waals surface area contributed by atoms with E-state index >= 15 is 0 Å². The van der Waals surface area contributed by atoms with Crippen molar-refractivity contribution in [3.8, 4) is 0 Å². The van der Waals surface area contributed by atoms with E-state index in [0.717, 1.165) is 22.2 Å². The zero-order valence-corrected chi connectivity index (χ0v) is 12.7. The summed E-state index contributed by atoms with van der Waals surface area (Å²) < 4.78 is 39.0. The fourth-order valence-corrected chi connectivity index (χ4v) is 2.62. The van der Waals surface area contributed by atoms with Gasteiger partial charge in [-0.15, -0.1) is 0 Å². The quantitative estimate of drug-likeness (QED) is 0.833. The van der Waals surface area contributed by atoms with E-state index in [4.69, 9.17) is 0 Å². The molecular formula is C16H14BrF3O. The summed E-state index contributed by atoms with van der Waals surface area (Å²) in [5, 5.41) is 9.52. The Bertz CT molecular complexity index is 610. The Morgan fingerprint density at radius 1 is 1.05 bits per heavy atom. The largest absolute Gasteiger partial charge is 0.416 e. The second-order valence-electron chi connectivity index (χ2n) is 4.84. The van der Waals surface area contributed by atoms with E-state index in [2.05, 4.69) is 15.9 Å². The van der Waals surface area contributed by atoms with Gasteiger partial charge in [0.25, 0.3) is 0 Å². The first kappa shape index (κ1) is 16.0. The molecule has 0 aliphatic heterocycles. The Labute approximate surface area is 129 Å². The topological polar surface area (TPSA) is 20.2 Å². The molecule has 0 fully saturated rings. The van der Waals surface area contributed by atoms with Crippen LogP contribution >= 0.6 is 15.9 Å². The lowest BCUT2D eigenvalue weighted by Crippen LogP contribution is -2.10. The minimum Gasteiger partial charge on any atom is -0.396 e. The summed E-state index contributed by atoms with van der Waals surface area (Å²) >= 11 is 3.35. The number of aliphatic hydroxyl groups is 1.